The first-order chi connectivity index (χ1) is 43.0. The molecule has 0 unspecified atom stereocenters. The number of ether oxygens (including phenoxy) is 4. The fourth-order valence-electron chi connectivity index (χ4n) is 11.1. The van der Waals surface area contributed by atoms with Gasteiger partial charge in [-0.3, -0.25) is 9.97 Å². The van der Waals surface area contributed by atoms with Gasteiger partial charge >= 0.3 is 0 Å². The van der Waals surface area contributed by atoms with Gasteiger partial charge in [0, 0.05) is 36.2 Å². The average Bonchev–Trinajstić information content (AvgIpc) is 2.86. The summed E-state index contributed by atoms with van der Waals surface area (Å²) in [7, 11) is 0. The molecule has 0 bridgehead atoms. The number of halogens is 1. The molecular formula is C79H114BrN3O4. The van der Waals surface area contributed by atoms with Gasteiger partial charge in [0.15, 0.2) is 0 Å². The summed E-state index contributed by atoms with van der Waals surface area (Å²) in [6.07, 6.45) is 54.3. The van der Waals surface area contributed by atoms with Gasteiger partial charge in [-0.15, -0.1) is 0 Å². The molecule has 3 aromatic heterocycles. The molecule has 3 heterocycles. The molecule has 0 aliphatic rings. The lowest BCUT2D eigenvalue weighted by Gasteiger charge is -2.15. The Labute approximate surface area is 539 Å². The minimum Gasteiger partial charge on any atom is -0.492 e. The molecule has 0 N–H and O–H groups in total. The lowest BCUT2D eigenvalue weighted by molar-refractivity contribution is 0.294. The average molecular weight is 1250 g/mol. The molecule has 2 aromatic carbocycles. The highest BCUT2D eigenvalue weighted by Gasteiger charge is 2.15. The van der Waals surface area contributed by atoms with Crippen LogP contribution >= 0.6 is 15.9 Å². The highest BCUT2D eigenvalue weighted by molar-refractivity contribution is 9.10. The van der Waals surface area contributed by atoms with Gasteiger partial charge in [-0.25, -0.2) is 4.98 Å². The zero-order chi connectivity index (χ0) is 61.3. The molecule has 7 nitrogen and oxygen atoms in total. The summed E-state index contributed by atoms with van der Waals surface area (Å²) in [6, 6.07) is 24.1. The van der Waals surface area contributed by atoms with Crippen LogP contribution in [0.4, 0.5) is 0 Å². The fraction of sp³-hybridized carbons (Fsp3) is 0.608. The van der Waals surface area contributed by atoms with E-state index in [0.29, 0.717) is 37.9 Å². The van der Waals surface area contributed by atoms with Crippen molar-refractivity contribution >= 4 is 15.9 Å². The first-order valence-corrected chi connectivity index (χ1v) is 36.2. The topological polar surface area (TPSA) is 75.6 Å². The Morgan fingerprint density at radius 3 is 0.885 bits per heavy atom. The second-order valence-electron chi connectivity index (χ2n) is 24.3. The Hall–Kier alpha value is -5.31. The first kappa shape index (κ1) is 72.4. The van der Waals surface area contributed by atoms with Crippen molar-refractivity contribution in [2.45, 2.75) is 285 Å². The van der Waals surface area contributed by atoms with Crippen molar-refractivity contribution in [1.82, 2.24) is 15.0 Å². The predicted octanol–water partition coefficient (Wildman–Crippen LogP) is 24.0. The SMILES string of the molecule is CCCCCCCCCCCCOc1cc(C#Cc2cc(OCCCCCCCCCCCC)c(C#Cc3cc(-c4ccccn4)nc(-c4ccccn4)c3)cc2OCCCCCCCCCCCC)c(OCCCCCCCCCCCC)cc1Br. The first-order valence-electron chi connectivity index (χ1n) is 35.4. The Morgan fingerprint density at radius 1 is 0.299 bits per heavy atom. The zero-order valence-electron chi connectivity index (χ0n) is 55.0. The minimum absolute atomic E-state index is 0.586. The molecule has 0 radical (unpaired) electrons. The van der Waals surface area contributed by atoms with E-state index in [9.17, 15) is 0 Å². The minimum atomic E-state index is 0.586. The van der Waals surface area contributed by atoms with Crippen LogP contribution in [0.25, 0.3) is 22.8 Å². The summed E-state index contributed by atoms with van der Waals surface area (Å²) < 4.78 is 27.7. The van der Waals surface area contributed by atoms with Crippen molar-refractivity contribution in [3.63, 3.8) is 0 Å². The third-order valence-electron chi connectivity index (χ3n) is 16.5. The van der Waals surface area contributed by atoms with Gasteiger partial charge in [0.1, 0.15) is 23.0 Å². The molecule has 87 heavy (non-hydrogen) atoms. The van der Waals surface area contributed by atoms with Crippen molar-refractivity contribution < 1.29 is 18.9 Å². The standard InChI is InChI=1S/C79H114BrN3O4/c1-5-9-13-17-21-25-29-33-37-45-57-84-76-64-69(53-54-70-65-79(87-60-48-40-36-32-28-24-20-16-12-8-4)71(80)66-78(70)86-59-47-39-35-31-27-23-19-15-11-7-3)77(85-58-46-38-34-30-26-22-18-14-10-6-2)63-68(76)52-51-67-61-74(72-49-41-43-55-81-72)83-75(62-67)73-50-42-44-56-82-73/h41-44,49-50,55-56,61-66H,5-40,45-48,57-60H2,1-4H3. The van der Waals surface area contributed by atoms with Crippen LogP contribution < -0.4 is 18.9 Å². The van der Waals surface area contributed by atoms with Crippen molar-refractivity contribution in [2.75, 3.05) is 26.4 Å². The summed E-state index contributed by atoms with van der Waals surface area (Å²) in [5.74, 6) is 17.3. The molecule has 0 saturated carbocycles. The maximum Gasteiger partial charge on any atom is 0.136 e. The fourth-order valence-corrected chi connectivity index (χ4v) is 11.5. The van der Waals surface area contributed by atoms with E-state index >= 15 is 0 Å². The Morgan fingerprint density at radius 2 is 0.575 bits per heavy atom. The number of hydrogen-bond acceptors (Lipinski definition) is 7. The van der Waals surface area contributed by atoms with Crippen molar-refractivity contribution in [3.05, 3.63) is 112 Å². The maximum atomic E-state index is 6.83. The van der Waals surface area contributed by atoms with E-state index in [2.05, 4.69) is 102 Å². The number of pyridine rings is 3. The van der Waals surface area contributed by atoms with Crippen LogP contribution in [-0.2, 0) is 0 Å². The molecule has 0 fully saturated rings. The molecule has 8 heteroatoms. The predicted molar refractivity (Wildman–Crippen MR) is 373 cm³/mol. The van der Waals surface area contributed by atoms with Gasteiger partial charge in [-0.1, -0.05) is 295 Å². The van der Waals surface area contributed by atoms with E-state index in [1.54, 1.807) is 12.4 Å². The quantitative estimate of drug-likeness (QED) is 0.0284. The third-order valence-corrected chi connectivity index (χ3v) is 17.1. The van der Waals surface area contributed by atoms with Crippen LogP contribution in [0.5, 0.6) is 23.0 Å². The molecule has 0 spiro atoms. The van der Waals surface area contributed by atoms with Gasteiger partial charge in [0.2, 0.25) is 0 Å². The molecular weight excluding hydrogens is 1130 g/mol. The van der Waals surface area contributed by atoms with E-state index in [1.165, 1.54) is 212 Å². The Balaban J connectivity index is 1.47. The molecule has 0 atom stereocenters. The zero-order valence-corrected chi connectivity index (χ0v) is 56.6. The van der Waals surface area contributed by atoms with Crippen molar-refractivity contribution in [3.8, 4) is 69.5 Å². The van der Waals surface area contributed by atoms with E-state index in [1.807, 2.05) is 48.5 Å². The summed E-state index contributed by atoms with van der Waals surface area (Å²) in [5, 5.41) is 0. The van der Waals surface area contributed by atoms with E-state index in [0.717, 1.165) is 106 Å². The van der Waals surface area contributed by atoms with Gasteiger partial charge in [0.25, 0.3) is 0 Å². The summed E-state index contributed by atoms with van der Waals surface area (Å²) in [4.78, 5) is 14.3. The van der Waals surface area contributed by atoms with Crippen molar-refractivity contribution in [2.24, 2.45) is 0 Å². The van der Waals surface area contributed by atoms with Crippen LogP contribution in [0.1, 0.15) is 307 Å². The number of hydrogen-bond donors (Lipinski definition) is 0. The summed E-state index contributed by atoms with van der Waals surface area (Å²) >= 11 is 3.89. The molecule has 5 rings (SSSR count). The van der Waals surface area contributed by atoms with Gasteiger partial charge < -0.3 is 18.9 Å². The van der Waals surface area contributed by atoms with Crippen LogP contribution in [0.3, 0.4) is 0 Å². The van der Waals surface area contributed by atoms with E-state index in [-0.39, 0.29) is 0 Å². The molecule has 0 amide bonds. The highest BCUT2D eigenvalue weighted by atomic mass is 79.9. The second-order valence-corrected chi connectivity index (χ2v) is 25.2. The molecule has 5 aromatic rings. The summed E-state index contributed by atoms with van der Waals surface area (Å²) in [5.41, 5.74) is 6.14. The Kier molecular flexibility index (Phi) is 40.5. The normalized spacial score (nSPS) is 11.0. The maximum absolute atomic E-state index is 6.83. The van der Waals surface area contributed by atoms with Crippen LogP contribution in [-0.4, -0.2) is 41.4 Å². The second kappa shape index (κ2) is 48.6. The number of aromatic nitrogens is 3. The Bertz CT molecular complexity index is 2610. The number of nitrogens with zero attached hydrogens (tertiary/aromatic N) is 3. The highest BCUT2D eigenvalue weighted by Crippen LogP contribution is 2.35. The van der Waals surface area contributed by atoms with Crippen LogP contribution in [0.2, 0.25) is 0 Å². The molecule has 0 aliphatic heterocycles. The van der Waals surface area contributed by atoms with Crippen molar-refractivity contribution in [1.29, 1.82) is 0 Å². The van der Waals surface area contributed by atoms with Crippen LogP contribution in [0.15, 0.2) is 89.7 Å². The molecule has 0 aliphatic carbocycles. The third kappa shape index (κ3) is 32.1. The van der Waals surface area contributed by atoms with E-state index < -0.39 is 0 Å². The number of unbranched alkanes of at least 4 members (excludes halogenated alkanes) is 36. The number of rotatable bonds is 50. The van der Waals surface area contributed by atoms with Gasteiger partial charge in [-0.2, -0.15) is 0 Å². The van der Waals surface area contributed by atoms with Gasteiger partial charge in [-0.05, 0) is 84.1 Å². The van der Waals surface area contributed by atoms with Crippen LogP contribution in [0, 0.1) is 23.7 Å². The summed E-state index contributed by atoms with van der Waals surface area (Å²) in [6.45, 7) is 11.6. The smallest absolute Gasteiger partial charge is 0.136 e. The number of benzene rings is 2. The molecule has 476 valence electrons. The monoisotopic (exact) mass is 1250 g/mol. The lowest BCUT2D eigenvalue weighted by atomic mass is 10.1. The lowest BCUT2D eigenvalue weighted by Crippen LogP contribution is -2.04. The molecule has 0 saturated heterocycles. The van der Waals surface area contributed by atoms with Gasteiger partial charge in [0.05, 0.1) is 70.4 Å². The largest absolute Gasteiger partial charge is 0.492 e. The van der Waals surface area contributed by atoms with E-state index in [4.69, 9.17) is 23.9 Å².